The summed E-state index contributed by atoms with van der Waals surface area (Å²) in [6.07, 6.45) is 0. The summed E-state index contributed by atoms with van der Waals surface area (Å²) < 4.78 is 0. The number of anilines is 1. The van der Waals surface area contributed by atoms with Gasteiger partial charge in [0.05, 0.1) is 23.0 Å². The molecule has 2 N–H and O–H groups in total. The molecule has 0 atom stereocenters. The monoisotopic (exact) mass is 443 g/mol. The molecule has 142 valence electrons. The first-order valence-corrected chi connectivity index (χ1v) is 9.58. The van der Waals surface area contributed by atoms with Crippen molar-refractivity contribution in [3.8, 4) is 0 Å². The number of carbonyl (C=O) groups is 2. The molecule has 0 fully saturated rings. The van der Waals surface area contributed by atoms with Gasteiger partial charge in [0.25, 0.3) is 0 Å². The smallest absolute Gasteiger partial charge is 0.234 e. The van der Waals surface area contributed by atoms with Gasteiger partial charge in [0, 0.05) is 22.7 Å². The van der Waals surface area contributed by atoms with Crippen molar-refractivity contribution in [1.29, 1.82) is 0 Å². The molecule has 0 unspecified atom stereocenters. The lowest BCUT2D eigenvalue weighted by molar-refractivity contribution is -0.113. The molecule has 0 spiro atoms. The highest BCUT2D eigenvalue weighted by molar-refractivity contribution is 8.14. The Morgan fingerprint density at radius 2 is 1.93 bits per heavy atom. The van der Waals surface area contributed by atoms with Crippen molar-refractivity contribution in [2.75, 3.05) is 24.2 Å². The summed E-state index contributed by atoms with van der Waals surface area (Å²) in [5.41, 5.74) is 1.04. The van der Waals surface area contributed by atoms with E-state index in [-0.39, 0.29) is 29.9 Å². The van der Waals surface area contributed by atoms with Crippen LogP contribution in [0.15, 0.2) is 47.5 Å². The molecule has 0 saturated carbocycles. The number of thioether (sulfide) groups is 1. The summed E-state index contributed by atoms with van der Waals surface area (Å²) in [5.74, 6) is -0.349. The first-order valence-electron chi connectivity index (χ1n) is 7.84. The standard InChI is InChI=1S/C18H15Cl2N3O2S.ClH/c19-11-5-6-15(23-16(24)10-26-18-21-7-8-22-18)13(9-11)17(25)12-3-1-2-4-14(12)20;/h1-6,9H,7-8,10H2,(H,21,22)(H,23,24);1H. The minimum atomic E-state index is -0.303. The van der Waals surface area contributed by atoms with E-state index < -0.39 is 0 Å². The average Bonchev–Trinajstić information content (AvgIpc) is 3.15. The fourth-order valence-electron chi connectivity index (χ4n) is 2.40. The second-order valence-corrected chi connectivity index (χ2v) is 7.26. The summed E-state index contributed by atoms with van der Waals surface area (Å²) in [4.78, 5) is 29.3. The normalized spacial score (nSPS) is 12.6. The second kappa shape index (κ2) is 9.99. The minimum Gasteiger partial charge on any atom is -0.363 e. The molecule has 3 rings (SSSR count). The Balaban J connectivity index is 0.00000261. The van der Waals surface area contributed by atoms with Crippen LogP contribution in [0, 0.1) is 0 Å². The van der Waals surface area contributed by atoms with Gasteiger partial charge in [-0.25, -0.2) is 0 Å². The molecule has 9 heteroatoms. The number of hydrogen-bond acceptors (Lipinski definition) is 5. The number of carbonyl (C=O) groups excluding carboxylic acids is 2. The van der Waals surface area contributed by atoms with Crippen molar-refractivity contribution in [2.45, 2.75) is 0 Å². The number of nitrogens with zero attached hydrogens (tertiary/aromatic N) is 1. The fourth-order valence-corrected chi connectivity index (χ4v) is 3.52. The van der Waals surface area contributed by atoms with Crippen LogP contribution in [0.3, 0.4) is 0 Å². The maximum atomic E-state index is 12.9. The van der Waals surface area contributed by atoms with Crippen LogP contribution in [-0.4, -0.2) is 35.7 Å². The predicted octanol–water partition coefficient (Wildman–Crippen LogP) is 4.28. The highest BCUT2D eigenvalue weighted by Crippen LogP contribution is 2.26. The number of hydrogen-bond donors (Lipinski definition) is 2. The van der Waals surface area contributed by atoms with E-state index in [0.717, 1.165) is 18.3 Å². The molecule has 1 aliphatic heterocycles. The predicted molar refractivity (Wildman–Crippen MR) is 115 cm³/mol. The van der Waals surface area contributed by atoms with E-state index in [9.17, 15) is 9.59 Å². The van der Waals surface area contributed by atoms with Gasteiger partial charge in [-0.15, -0.1) is 12.4 Å². The van der Waals surface area contributed by atoms with Crippen molar-refractivity contribution in [3.63, 3.8) is 0 Å². The maximum absolute atomic E-state index is 12.9. The molecule has 0 bridgehead atoms. The summed E-state index contributed by atoms with van der Waals surface area (Å²) >= 11 is 13.5. The Hall–Kier alpha value is -1.73. The van der Waals surface area contributed by atoms with E-state index in [1.807, 2.05) is 0 Å². The summed E-state index contributed by atoms with van der Waals surface area (Å²) in [7, 11) is 0. The lowest BCUT2D eigenvalue weighted by Gasteiger charge is -2.12. The van der Waals surface area contributed by atoms with Gasteiger partial charge in [0.15, 0.2) is 11.0 Å². The van der Waals surface area contributed by atoms with E-state index in [1.54, 1.807) is 36.4 Å². The Kier molecular flexibility index (Phi) is 7.98. The molecule has 0 aliphatic carbocycles. The molecule has 2 aromatic carbocycles. The van der Waals surface area contributed by atoms with E-state index in [1.165, 1.54) is 17.8 Å². The summed E-state index contributed by atoms with van der Waals surface area (Å²) in [6, 6.07) is 11.5. The van der Waals surface area contributed by atoms with E-state index in [4.69, 9.17) is 23.2 Å². The van der Waals surface area contributed by atoms with Crippen molar-refractivity contribution in [2.24, 2.45) is 4.99 Å². The van der Waals surface area contributed by atoms with Crippen LogP contribution in [0.4, 0.5) is 5.69 Å². The molecular formula is C18H16Cl3N3O2S. The minimum absolute atomic E-state index is 0. The van der Waals surface area contributed by atoms with E-state index >= 15 is 0 Å². The third-order valence-electron chi connectivity index (χ3n) is 3.60. The van der Waals surface area contributed by atoms with Crippen LogP contribution in [0.5, 0.6) is 0 Å². The number of aliphatic imine (C=N–C) groups is 1. The third-order valence-corrected chi connectivity index (χ3v) is 5.12. The van der Waals surface area contributed by atoms with E-state index in [0.29, 0.717) is 26.9 Å². The zero-order valence-electron chi connectivity index (χ0n) is 14.0. The lowest BCUT2D eigenvalue weighted by Crippen LogP contribution is -2.21. The lowest BCUT2D eigenvalue weighted by atomic mass is 10.0. The molecule has 2 aromatic rings. The topological polar surface area (TPSA) is 70.6 Å². The van der Waals surface area contributed by atoms with E-state index in [2.05, 4.69) is 15.6 Å². The Morgan fingerprint density at radius 3 is 2.63 bits per heavy atom. The van der Waals surface area contributed by atoms with Gasteiger partial charge in [-0.1, -0.05) is 47.1 Å². The van der Waals surface area contributed by atoms with Crippen molar-refractivity contribution < 1.29 is 9.59 Å². The average molecular weight is 445 g/mol. The molecular weight excluding hydrogens is 429 g/mol. The SMILES string of the molecule is Cl.O=C(CSC1=NCCN1)Nc1ccc(Cl)cc1C(=O)c1ccccc1Cl. The first kappa shape index (κ1) is 21.6. The largest absolute Gasteiger partial charge is 0.363 e. The molecule has 0 radical (unpaired) electrons. The molecule has 5 nitrogen and oxygen atoms in total. The van der Waals surface area contributed by atoms with Crippen LogP contribution in [0.25, 0.3) is 0 Å². The molecule has 1 amide bonds. The quantitative estimate of drug-likeness (QED) is 0.675. The number of ketones is 1. The van der Waals surface area contributed by atoms with Gasteiger partial charge in [-0.05, 0) is 30.3 Å². The van der Waals surface area contributed by atoms with Gasteiger partial charge < -0.3 is 10.6 Å². The van der Waals surface area contributed by atoms with Crippen molar-refractivity contribution >= 4 is 69.9 Å². The molecule has 27 heavy (non-hydrogen) atoms. The fraction of sp³-hybridized carbons (Fsp3) is 0.167. The molecule has 1 heterocycles. The van der Waals surface area contributed by atoms with Crippen molar-refractivity contribution in [3.05, 3.63) is 63.6 Å². The first-order chi connectivity index (χ1) is 12.5. The summed E-state index contributed by atoms with van der Waals surface area (Å²) in [6.45, 7) is 1.51. The van der Waals surface area contributed by atoms with Crippen LogP contribution < -0.4 is 10.6 Å². The Labute approximate surface area is 177 Å². The Bertz CT molecular complexity index is 890. The van der Waals surface area contributed by atoms with Crippen LogP contribution in [0.1, 0.15) is 15.9 Å². The highest BCUT2D eigenvalue weighted by atomic mass is 35.5. The number of benzene rings is 2. The number of amidine groups is 1. The number of amides is 1. The maximum Gasteiger partial charge on any atom is 0.234 e. The second-order valence-electron chi connectivity index (χ2n) is 5.45. The van der Waals surface area contributed by atoms with Crippen molar-refractivity contribution in [1.82, 2.24) is 5.32 Å². The summed E-state index contributed by atoms with van der Waals surface area (Å²) in [5, 5.41) is 7.35. The third kappa shape index (κ3) is 5.62. The number of rotatable bonds is 5. The number of nitrogens with one attached hydrogen (secondary N) is 2. The van der Waals surface area contributed by atoms with Crippen LogP contribution >= 0.6 is 47.4 Å². The zero-order valence-corrected chi connectivity index (χ0v) is 17.1. The molecule has 0 aromatic heterocycles. The van der Waals surface area contributed by atoms with Gasteiger partial charge in [0.1, 0.15) is 0 Å². The van der Waals surface area contributed by atoms with Gasteiger partial charge in [-0.2, -0.15) is 0 Å². The van der Waals surface area contributed by atoms with Gasteiger partial charge >= 0.3 is 0 Å². The van der Waals surface area contributed by atoms with Crippen LogP contribution in [-0.2, 0) is 4.79 Å². The Morgan fingerprint density at radius 1 is 1.15 bits per heavy atom. The van der Waals surface area contributed by atoms with Gasteiger partial charge in [0.2, 0.25) is 5.91 Å². The van der Waals surface area contributed by atoms with Crippen LogP contribution in [0.2, 0.25) is 10.0 Å². The highest BCUT2D eigenvalue weighted by Gasteiger charge is 2.18. The molecule has 1 aliphatic rings. The zero-order chi connectivity index (χ0) is 18.5. The van der Waals surface area contributed by atoms with Gasteiger partial charge in [-0.3, -0.25) is 14.6 Å². The number of halogens is 3. The molecule has 0 saturated heterocycles.